The van der Waals surface area contributed by atoms with Crippen LogP contribution in [-0.2, 0) is 0 Å². The summed E-state index contributed by atoms with van der Waals surface area (Å²) in [6.45, 7) is 1.72. The van der Waals surface area contributed by atoms with Crippen molar-refractivity contribution in [3.63, 3.8) is 0 Å². The highest BCUT2D eigenvalue weighted by Crippen LogP contribution is 2.18. The number of anilines is 1. The molecule has 0 atom stereocenters. The number of aryl methyl sites for hydroxylation is 1. The highest BCUT2D eigenvalue weighted by molar-refractivity contribution is 6.33. The van der Waals surface area contributed by atoms with Gasteiger partial charge in [-0.25, -0.2) is 4.98 Å². The standard InChI is InChI=1S/C12H9ClN6O2/c1-5-2-3-6(10(20)16-5)11(21)19-12-17-8(13)7-9(18-12)15-4-14-7/h2-4H,1H3,(H,16,20)(H2,14,15,17,18,19,21). The minimum absolute atomic E-state index is 0.0235. The second-order valence-electron chi connectivity index (χ2n) is 4.28. The lowest BCUT2D eigenvalue weighted by Crippen LogP contribution is -2.24. The number of imidazole rings is 1. The molecule has 0 unspecified atom stereocenters. The smallest absolute Gasteiger partial charge is 0.263 e. The molecule has 0 aliphatic heterocycles. The maximum atomic E-state index is 12.0. The predicted molar refractivity (Wildman–Crippen MR) is 76.4 cm³/mol. The Bertz CT molecular complexity index is 900. The van der Waals surface area contributed by atoms with Crippen LogP contribution < -0.4 is 10.9 Å². The van der Waals surface area contributed by atoms with Gasteiger partial charge in [0.05, 0.1) is 6.33 Å². The van der Waals surface area contributed by atoms with Gasteiger partial charge in [0.2, 0.25) is 5.95 Å². The topological polar surface area (TPSA) is 116 Å². The number of fused-ring (bicyclic) bond motifs is 1. The van der Waals surface area contributed by atoms with Crippen LogP contribution in [0, 0.1) is 6.92 Å². The largest absolute Gasteiger partial charge is 0.341 e. The van der Waals surface area contributed by atoms with Crippen LogP contribution in [0.3, 0.4) is 0 Å². The van der Waals surface area contributed by atoms with Gasteiger partial charge in [0.15, 0.2) is 10.8 Å². The van der Waals surface area contributed by atoms with E-state index in [1.807, 2.05) is 0 Å². The highest BCUT2D eigenvalue weighted by Gasteiger charge is 2.14. The van der Waals surface area contributed by atoms with Crippen molar-refractivity contribution in [2.45, 2.75) is 6.92 Å². The van der Waals surface area contributed by atoms with Gasteiger partial charge in [-0.1, -0.05) is 11.6 Å². The minimum Gasteiger partial charge on any atom is -0.341 e. The van der Waals surface area contributed by atoms with E-state index < -0.39 is 11.5 Å². The molecular weight excluding hydrogens is 296 g/mol. The molecule has 0 aromatic carbocycles. The van der Waals surface area contributed by atoms with Gasteiger partial charge >= 0.3 is 0 Å². The summed E-state index contributed by atoms with van der Waals surface area (Å²) in [4.78, 5) is 41.0. The molecule has 0 bridgehead atoms. The fourth-order valence-electron chi connectivity index (χ4n) is 1.77. The zero-order chi connectivity index (χ0) is 15.0. The molecule has 0 aliphatic carbocycles. The maximum absolute atomic E-state index is 12.0. The Hall–Kier alpha value is -2.74. The van der Waals surface area contributed by atoms with E-state index in [1.165, 1.54) is 12.4 Å². The lowest BCUT2D eigenvalue weighted by Gasteiger charge is -2.04. The zero-order valence-corrected chi connectivity index (χ0v) is 11.5. The molecule has 3 aromatic heterocycles. The Morgan fingerprint density at radius 1 is 1.33 bits per heavy atom. The van der Waals surface area contributed by atoms with E-state index in [9.17, 15) is 9.59 Å². The van der Waals surface area contributed by atoms with Crippen LogP contribution >= 0.6 is 11.6 Å². The van der Waals surface area contributed by atoms with Crippen LogP contribution in [0.1, 0.15) is 16.1 Å². The molecule has 0 saturated carbocycles. The molecule has 0 saturated heterocycles. The van der Waals surface area contributed by atoms with Gasteiger partial charge in [-0.3, -0.25) is 14.9 Å². The van der Waals surface area contributed by atoms with E-state index in [2.05, 4.69) is 30.2 Å². The lowest BCUT2D eigenvalue weighted by atomic mass is 10.2. The maximum Gasteiger partial charge on any atom is 0.263 e. The van der Waals surface area contributed by atoms with Crippen molar-refractivity contribution in [1.82, 2.24) is 24.9 Å². The number of aromatic nitrogens is 5. The Morgan fingerprint density at radius 2 is 2.14 bits per heavy atom. The van der Waals surface area contributed by atoms with E-state index in [4.69, 9.17) is 11.6 Å². The third kappa shape index (κ3) is 2.48. The average Bonchev–Trinajstić information content (AvgIpc) is 2.87. The van der Waals surface area contributed by atoms with E-state index in [-0.39, 0.29) is 16.7 Å². The van der Waals surface area contributed by atoms with Crippen molar-refractivity contribution in [1.29, 1.82) is 0 Å². The van der Waals surface area contributed by atoms with E-state index in [0.717, 1.165) is 0 Å². The van der Waals surface area contributed by atoms with E-state index >= 15 is 0 Å². The summed E-state index contributed by atoms with van der Waals surface area (Å²) >= 11 is 5.94. The number of H-pyrrole nitrogens is 2. The van der Waals surface area contributed by atoms with Crippen LogP contribution in [0.4, 0.5) is 5.95 Å². The van der Waals surface area contributed by atoms with Crippen LogP contribution in [0.2, 0.25) is 5.15 Å². The second-order valence-corrected chi connectivity index (χ2v) is 4.64. The van der Waals surface area contributed by atoms with Crippen molar-refractivity contribution in [2.24, 2.45) is 0 Å². The Labute approximate surface area is 122 Å². The molecule has 3 heterocycles. The van der Waals surface area contributed by atoms with Crippen molar-refractivity contribution in [2.75, 3.05) is 5.32 Å². The van der Waals surface area contributed by atoms with Crippen LogP contribution in [0.5, 0.6) is 0 Å². The van der Waals surface area contributed by atoms with Crippen LogP contribution in [-0.4, -0.2) is 30.8 Å². The summed E-state index contributed by atoms with van der Waals surface area (Å²) in [5.41, 5.74) is 0.932. The van der Waals surface area contributed by atoms with Gasteiger partial charge in [-0.15, -0.1) is 0 Å². The quantitative estimate of drug-likeness (QED) is 0.616. The van der Waals surface area contributed by atoms with Crippen LogP contribution in [0.25, 0.3) is 11.2 Å². The first-order valence-electron chi connectivity index (χ1n) is 5.92. The monoisotopic (exact) mass is 304 g/mol. The third-order valence-corrected chi connectivity index (χ3v) is 3.04. The highest BCUT2D eigenvalue weighted by atomic mass is 35.5. The van der Waals surface area contributed by atoms with Gasteiger partial charge < -0.3 is 9.97 Å². The molecule has 3 aromatic rings. The summed E-state index contributed by atoms with van der Waals surface area (Å²) in [5, 5.41) is 2.55. The number of halogens is 1. The number of carbonyl (C=O) groups excluding carboxylic acids is 1. The molecule has 21 heavy (non-hydrogen) atoms. The first kappa shape index (κ1) is 13.3. The minimum atomic E-state index is -0.623. The molecule has 8 nitrogen and oxygen atoms in total. The van der Waals surface area contributed by atoms with Crippen molar-refractivity contribution < 1.29 is 4.79 Å². The molecule has 106 valence electrons. The zero-order valence-electron chi connectivity index (χ0n) is 10.8. The number of carbonyl (C=O) groups is 1. The molecule has 0 fully saturated rings. The van der Waals surface area contributed by atoms with E-state index in [0.29, 0.717) is 16.9 Å². The van der Waals surface area contributed by atoms with Crippen molar-refractivity contribution in [3.05, 3.63) is 45.2 Å². The Balaban J connectivity index is 1.94. The summed E-state index contributed by atoms with van der Waals surface area (Å²) < 4.78 is 0. The molecule has 9 heteroatoms. The molecule has 0 aliphatic rings. The van der Waals surface area contributed by atoms with Gasteiger partial charge in [0.25, 0.3) is 11.5 Å². The molecule has 0 radical (unpaired) electrons. The molecular formula is C12H9ClN6O2. The molecule has 3 rings (SSSR count). The summed E-state index contributed by atoms with van der Waals surface area (Å²) in [7, 11) is 0. The third-order valence-electron chi connectivity index (χ3n) is 2.77. The molecule has 0 spiro atoms. The van der Waals surface area contributed by atoms with E-state index in [1.54, 1.807) is 13.0 Å². The number of aromatic amines is 2. The number of amides is 1. The fourth-order valence-corrected chi connectivity index (χ4v) is 1.99. The lowest BCUT2D eigenvalue weighted by molar-refractivity contribution is 0.102. The number of hydrogen-bond acceptors (Lipinski definition) is 5. The van der Waals surface area contributed by atoms with Gasteiger partial charge in [-0.2, -0.15) is 9.97 Å². The average molecular weight is 305 g/mol. The summed E-state index contributed by atoms with van der Waals surface area (Å²) in [6, 6.07) is 3.05. The molecule has 3 N–H and O–H groups in total. The predicted octanol–water partition coefficient (Wildman–Crippen LogP) is 1.26. The Kier molecular flexibility index (Phi) is 3.15. The molecule has 1 amide bonds. The number of pyridine rings is 1. The van der Waals surface area contributed by atoms with Gasteiger partial charge in [-0.05, 0) is 19.1 Å². The second kappa shape index (κ2) is 4.98. The van der Waals surface area contributed by atoms with Crippen LogP contribution in [0.15, 0.2) is 23.3 Å². The Morgan fingerprint density at radius 3 is 2.90 bits per heavy atom. The van der Waals surface area contributed by atoms with Crippen molar-refractivity contribution >= 4 is 34.6 Å². The van der Waals surface area contributed by atoms with Crippen molar-refractivity contribution in [3.8, 4) is 0 Å². The fraction of sp³-hybridized carbons (Fsp3) is 0.0833. The summed E-state index contributed by atoms with van der Waals surface area (Å²) in [5.74, 6) is -0.647. The number of nitrogens with one attached hydrogen (secondary N) is 3. The summed E-state index contributed by atoms with van der Waals surface area (Å²) in [6.07, 6.45) is 1.42. The first-order chi connectivity index (χ1) is 10.0. The first-order valence-corrected chi connectivity index (χ1v) is 6.30. The number of nitrogens with zero attached hydrogens (tertiary/aromatic N) is 3. The normalized spacial score (nSPS) is 10.8. The van der Waals surface area contributed by atoms with Gasteiger partial charge in [0.1, 0.15) is 11.1 Å². The number of rotatable bonds is 2. The number of hydrogen-bond donors (Lipinski definition) is 3. The SMILES string of the molecule is Cc1ccc(C(=O)Nc2nc(Cl)c3[nH]cnc3n2)c(=O)[nH]1. The van der Waals surface area contributed by atoms with Gasteiger partial charge in [0, 0.05) is 5.69 Å².